The standard InChI is InChI=1S/C32H29FN2O5S2/c1-5-39-31(37)28-19(2)34-32-35(29(28)21-11-13-23(41-4)14-12-21)30(36)27(42-32)17-20-10-15-25(26(16-20)38-3)40-18-22-8-6-7-9-24(22)33/h6-17,29H,5,18H2,1-4H3/b27-17-/t29-/m0/s1. The molecule has 1 aromatic heterocycles. The Morgan fingerprint density at radius 2 is 1.88 bits per heavy atom. The first kappa shape index (κ1) is 29.3. The summed E-state index contributed by atoms with van der Waals surface area (Å²) in [5.41, 5.74) is 2.50. The van der Waals surface area contributed by atoms with Crippen LogP contribution < -0.4 is 24.4 Å². The molecule has 0 spiro atoms. The van der Waals surface area contributed by atoms with E-state index in [9.17, 15) is 14.0 Å². The molecule has 0 aliphatic carbocycles. The fourth-order valence-corrected chi connectivity index (χ4v) is 6.16. The predicted molar refractivity (Wildman–Crippen MR) is 162 cm³/mol. The van der Waals surface area contributed by atoms with Gasteiger partial charge < -0.3 is 14.2 Å². The van der Waals surface area contributed by atoms with Gasteiger partial charge >= 0.3 is 5.97 Å². The van der Waals surface area contributed by atoms with E-state index in [1.807, 2.05) is 30.5 Å². The summed E-state index contributed by atoms with van der Waals surface area (Å²) in [6, 6.07) is 18.8. The van der Waals surface area contributed by atoms with E-state index in [0.29, 0.717) is 43.2 Å². The Hall–Kier alpha value is -4.15. The molecule has 0 unspecified atom stereocenters. The first-order valence-electron chi connectivity index (χ1n) is 13.2. The lowest BCUT2D eigenvalue weighted by atomic mass is 9.96. The number of methoxy groups -OCH3 is 1. The summed E-state index contributed by atoms with van der Waals surface area (Å²) in [5, 5.41) is 0. The maximum absolute atomic E-state index is 14.0. The van der Waals surface area contributed by atoms with Crippen LogP contribution in [0.5, 0.6) is 11.5 Å². The van der Waals surface area contributed by atoms with Crippen molar-refractivity contribution in [3.05, 3.63) is 120 Å². The van der Waals surface area contributed by atoms with Crippen molar-refractivity contribution in [2.75, 3.05) is 20.0 Å². The smallest absolute Gasteiger partial charge is 0.338 e. The van der Waals surface area contributed by atoms with Crippen molar-refractivity contribution in [2.24, 2.45) is 4.99 Å². The first-order chi connectivity index (χ1) is 20.3. The number of fused-ring (bicyclic) bond motifs is 1. The molecule has 216 valence electrons. The van der Waals surface area contributed by atoms with Gasteiger partial charge in [-0.2, -0.15) is 0 Å². The topological polar surface area (TPSA) is 79.1 Å². The average Bonchev–Trinajstić information content (AvgIpc) is 3.30. The van der Waals surface area contributed by atoms with Gasteiger partial charge in [0.2, 0.25) is 0 Å². The van der Waals surface area contributed by atoms with Crippen LogP contribution in [0.4, 0.5) is 4.39 Å². The zero-order valence-corrected chi connectivity index (χ0v) is 25.2. The molecule has 10 heteroatoms. The third-order valence-corrected chi connectivity index (χ3v) is 8.50. The minimum Gasteiger partial charge on any atom is -0.493 e. The summed E-state index contributed by atoms with van der Waals surface area (Å²) in [4.78, 5) is 33.2. The van der Waals surface area contributed by atoms with E-state index in [4.69, 9.17) is 14.2 Å². The van der Waals surface area contributed by atoms with Gasteiger partial charge in [0.25, 0.3) is 5.56 Å². The quantitative estimate of drug-likeness (QED) is 0.192. The minimum absolute atomic E-state index is 0.0427. The number of hydrogen-bond acceptors (Lipinski definition) is 8. The Kier molecular flexibility index (Phi) is 8.94. The summed E-state index contributed by atoms with van der Waals surface area (Å²) >= 11 is 2.86. The molecular formula is C32H29FN2O5S2. The molecule has 1 atom stereocenters. The van der Waals surface area contributed by atoms with Crippen LogP contribution in [-0.2, 0) is 16.1 Å². The molecule has 0 saturated heterocycles. The van der Waals surface area contributed by atoms with Crippen molar-refractivity contribution in [2.45, 2.75) is 31.4 Å². The molecule has 0 N–H and O–H groups in total. The molecular weight excluding hydrogens is 575 g/mol. The van der Waals surface area contributed by atoms with Gasteiger partial charge in [0, 0.05) is 10.5 Å². The second-order valence-electron chi connectivity index (χ2n) is 9.37. The molecule has 0 radical (unpaired) electrons. The number of esters is 1. The van der Waals surface area contributed by atoms with Crippen molar-refractivity contribution in [1.82, 2.24) is 4.57 Å². The van der Waals surface area contributed by atoms with Gasteiger partial charge in [0.05, 0.1) is 35.6 Å². The van der Waals surface area contributed by atoms with Gasteiger partial charge in [-0.1, -0.05) is 47.7 Å². The van der Waals surface area contributed by atoms with E-state index in [0.717, 1.165) is 10.5 Å². The molecule has 0 bridgehead atoms. The van der Waals surface area contributed by atoms with Gasteiger partial charge in [-0.05, 0) is 67.6 Å². The number of aromatic nitrogens is 1. The highest BCUT2D eigenvalue weighted by Crippen LogP contribution is 2.32. The normalized spacial score (nSPS) is 14.8. The summed E-state index contributed by atoms with van der Waals surface area (Å²) in [5.74, 6) is 0.0498. The maximum Gasteiger partial charge on any atom is 0.338 e. The fraction of sp³-hybridized carbons (Fsp3) is 0.219. The summed E-state index contributed by atoms with van der Waals surface area (Å²) < 4.78 is 32.8. The van der Waals surface area contributed by atoms with Crippen molar-refractivity contribution in [3.63, 3.8) is 0 Å². The number of rotatable bonds is 9. The lowest BCUT2D eigenvalue weighted by Gasteiger charge is -2.24. The van der Waals surface area contributed by atoms with Crippen molar-refractivity contribution in [1.29, 1.82) is 0 Å². The van der Waals surface area contributed by atoms with Crippen LogP contribution in [-0.4, -0.2) is 30.5 Å². The Balaban J connectivity index is 1.54. The van der Waals surface area contributed by atoms with E-state index in [1.54, 1.807) is 72.7 Å². The number of thiazole rings is 1. The Bertz CT molecular complexity index is 1840. The minimum atomic E-state index is -0.679. The number of allylic oxidation sites excluding steroid dienone is 1. The highest BCUT2D eigenvalue weighted by atomic mass is 32.2. The molecule has 4 aromatic rings. The van der Waals surface area contributed by atoms with Gasteiger partial charge in [-0.25, -0.2) is 14.2 Å². The lowest BCUT2D eigenvalue weighted by Crippen LogP contribution is -2.39. The third kappa shape index (κ3) is 5.91. The second-order valence-corrected chi connectivity index (χ2v) is 11.3. The van der Waals surface area contributed by atoms with Crippen molar-refractivity contribution < 1.29 is 23.4 Å². The molecule has 1 aliphatic rings. The van der Waals surface area contributed by atoms with Crippen LogP contribution in [0.15, 0.2) is 92.7 Å². The van der Waals surface area contributed by atoms with Crippen LogP contribution in [0.1, 0.15) is 36.6 Å². The Morgan fingerprint density at radius 1 is 1.12 bits per heavy atom. The van der Waals surface area contributed by atoms with E-state index in [-0.39, 0.29) is 24.6 Å². The number of carbonyl (C=O) groups excluding carboxylic acids is 1. The van der Waals surface area contributed by atoms with E-state index in [2.05, 4.69) is 4.99 Å². The highest BCUT2D eigenvalue weighted by Gasteiger charge is 2.33. The fourth-order valence-electron chi connectivity index (χ4n) is 4.71. The van der Waals surface area contributed by atoms with Gasteiger partial charge in [-0.15, -0.1) is 11.8 Å². The summed E-state index contributed by atoms with van der Waals surface area (Å²) in [7, 11) is 1.52. The summed E-state index contributed by atoms with van der Waals surface area (Å²) in [6.07, 6.45) is 3.74. The second kappa shape index (κ2) is 12.8. The molecule has 1 aliphatic heterocycles. The number of carbonyl (C=O) groups is 1. The monoisotopic (exact) mass is 604 g/mol. The van der Waals surface area contributed by atoms with Crippen LogP contribution >= 0.6 is 23.1 Å². The van der Waals surface area contributed by atoms with E-state index < -0.39 is 12.0 Å². The van der Waals surface area contributed by atoms with Crippen molar-refractivity contribution >= 4 is 35.1 Å². The zero-order chi connectivity index (χ0) is 29.8. The maximum atomic E-state index is 14.0. The van der Waals surface area contributed by atoms with Gasteiger partial charge in [-0.3, -0.25) is 9.36 Å². The van der Waals surface area contributed by atoms with Crippen molar-refractivity contribution in [3.8, 4) is 11.5 Å². The van der Waals surface area contributed by atoms with Gasteiger partial charge in [0.15, 0.2) is 16.3 Å². The molecule has 0 fully saturated rings. The molecule has 3 aromatic carbocycles. The van der Waals surface area contributed by atoms with Crippen LogP contribution in [0.3, 0.4) is 0 Å². The Labute approximate surface area is 250 Å². The van der Waals surface area contributed by atoms with E-state index in [1.165, 1.54) is 24.5 Å². The molecule has 2 heterocycles. The average molecular weight is 605 g/mol. The number of nitrogens with zero attached hydrogens (tertiary/aromatic N) is 2. The van der Waals surface area contributed by atoms with Crippen LogP contribution in [0, 0.1) is 5.82 Å². The van der Waals surface area contributed by atoms with E-state index >= 15 is 0 Å². The molecule has 0 amide bonds. The SMILES string of the molecule is CCOC(=O)C1=C(C)N=c2s/c(=C\c3ccc(OCc4ccccc4F)c(OC)c3)c(=O)n2[C@H]1c1ccc(SC)cc1. The van der Waals surface area contributed by atoms with Crippen LogP contribution in [0.25, 0.3) is 6.08 Å². The molecule has 0 saturated carbocycles. The molecule has 5 rings (SSSR count). The number of ether oxygens (including phenoxy) is 3. The summed E-state index contributed by atoms with van der Waals surface area (Å²) in [6.45, 7) is 3.76. The number of halogens is 1. The van der Waals surface area contributed by atoms with Gasteiger partial charge in [0.1, 0.15) is 12.4 Å². The number of benzene rings is 3. The number of thioether (sulfide) groups is 1. The number of hydrogen-bond donors (Lipinski definition) is 0. The predicted octanol–water partition coefficient (Wildman–Crippen LogP) is 5.25. The largest absolute Gasteiger partial charge is 0.493 e. The zero-order valence-electron chi connectivity index (χ0n) is 23.5. The Morgan fingerprint density at radius 3 is 2.57 bits per heavy atom. The van der Waals surface area contributed by atoms with Crippen LogP contribution in [0.2, 0.25) is 0 Å². The molecule has 42 heavy (non-hydrogen) atoms. The first-order valence-corrected chi connectivity index (χ1v) is 15.3. The lowest BCUT2D eigenvalue weighted by molar-refractivity contribution is -0.139. The highest BCUT2D eigenvalue weighted by molar-refractivity contribution is 7.98. The third-order valence-electron chi connectivity index (χ3n) is 6.78. The molecule has 7 nitrogen and oxygen atoms in total.